The fraction of sp³-hybridized carbons (Fsp3) is 0.391. The van der Waals surface area contributed by atoms with Crippen molar-refractivity contribution in [2.24, 2.45) is 0 Å². The molecule has 0 unspecified atom stereocenters. The zero-order chi connectivity index (χ0) is 55.8. The fourth-order valence-corrected chi connectivity index (χ4v) is 18.3. The molecule has 0 saturated carbocycles. The van der Waals surface area contributed by atoms with Crippen molar-refractivity contribution < 1.29 is 28.4 Å². The molecule has 13 heteroatoms. The molecule has 0 N–H and O–H groups in total. The van der Waals surface area contributed by atoms with E-state index in [1.54, 1.807) is 0 Å². The third-order valence-electron chi connectivity index (χ3n) is 16.1. The molecule has 428 valence electrons. The van der Waals surface area contributed by atoms with Gasteiger partial charge < -0.3 is 33.3 Å². The van der Waals surface area contributed by atoms with Crippen LogP contribution in [0.4, 0.5) is 17.1 Å². The van der Waals surface area contributed by atoms with Crippen LogP contribution in [0.3, 0.4) is 0 Å². The zero-order valence-electron chi connectivity index (χ0n) is 47.6. The number of benzene rings is 3. The van der Waals surface area contributed by atoms with Crippen molar-refractivity contribution in [3.63, 3.8) is 0 Å². The Morgan fingerprint density at radius 1 is 0.280 bits per heavy atom. The molecule has 9 aromatic rings. The van der Waals surface area contributed by atoms with Crippen LogP contribution in [-0.4, -0.2) is 39.6 Å². The molecule has 0 amide bonds. The number of hydrogen-bond acceptors (Lipinski definition) is 13. The van der Waals surface area contributed by atoms with E-state index in [0.717, 1.165) is 55.6 Å². The van der Waals surface area contributed by atoms with Crippen molar-refractivity contribution in [2.45, 2.75) is 134 Å². The molecule has 3 fully saturated rings. The summed E-state index contributed by atoms with van der Waals surface area (Å²) in [5.41, 5.74) is 6.89. The highest BCUT2D eigenvalue weighted by molar-refractivity contribution is 7.25. The monoisotopic (exact) mass is 1210 g/mol. The minimum absolute atomic E-state index is 0.610. The van der Waals surface area contributed by atoms with Crippen molar-refractivity contribution in [1.82, 2.24) is 0 Å². The number of hydrogen-bond donors (Lipinski definition) is 0. The zero-order valence-corrected chi connectivity index (χ0v) is 52.5. The lowest BCUT2D eigenvalue weighted by molar-refractivity contribution is -0.169. The first-order valence-corrected chi connectivity index (χ1v) is 34.8. The van der Waals surface area contributed by atoms with E-state index in [1.807, 2.05) is 68.0 Å². The van der Waals surface area contributed by atoms with E-state index < -0.39 is 17.4 Å². The second kappa shape index (κ2) is 26.8. The van der Waals surface area contributed by atoms with Gasteiger partial charge in [0.25, 0.3) is 0 Å². The van der Waals surface area contributed by atoms with Gasteiger partial charge in [0.15, 0.2) is 0 Å². The summed E-state index contributed by atoms with van der Waals surface area (Å²) in [7, 11) is 0. The van der Waals surface area contributed by atoms with Gasteiger partial charge in [-0.25, -0.2) is 0 Å². The maximum Gasteiger partial charge on any atom is 0.204 e. The van der Waals surface area contributed by atoms with Crippen LogP contribution in [0.5, 0.6) is 0 Å². The van der Waals surface area contributed by atoms with Crippen LogP contribution in [0.25, 0.3) is 60.6 Å². The number of anilines is 3. The summed E-state index contributed by atoms with van der Waals surface area (Å²) >= 11 is 11.0. The van der Waals surface area contributed by atoms with Gasteiger partial charge in [-0.15, -0.1) is 68.0 Å². The molecule has 3 aromatic carbocycles. The first-order valence-electron chi connectivity index (χ1n) is 29.9. The summed E-state index contributed by atoms with van der Waals surface area (Å²) in [6.45, 7) is 10.7. The van der Waals surface area contributed by atoms with Crippen molar-refractivity contribution in [3.8, 4) is 60.6 Å². The Bertz CT molecular complexity index is 3070. The Labute approximate surface area is 509 Å². The molecular weight excluding hydrogens is 1130 g/mol. The maximum atomic E-state index is 6.35. The third-order valence-corrected chi connectivity index (χ3v) is 23.7. The maximum absolute atomic E-state index is 6.35. The largest absolute Gasteiger partial charge is 0.343 e. The smallest absolute Gasteiger partial charge is 0.204 e. The van der Waals surface area contributed by atoms with Gasteiger partial charge in [0.05, 0.1) is 54.3 Å². The molecule has 0 aliphatic carbocycles. The van der Waals surface area contributed by atoms with Gasteiger partial charge in [0.1, 0.15) is 0 Å². The molecule has 3 aliphatic heterocycles. The Hall–Kier alpha value is -4.58. The average molecular weight is 1210 g/mol. The normalized spacial score (nSPS) is 16.4. The van der Waals surface area contributed by atoms with Crippen LogP contribution in [0.1, 0.15) is 132 Å². The molecule has 9 heterocycles. The van der Waals surface area contributed by atoms with Gasteiger partial charge in [0.2, 0.25) is 17.4 Å². The molecule has 0 spiro atoms. The molecule has 3 saturated heterocycles. The summed E-state index contributed by atoms with van der Waals surface area (Å²) in [5.74, 6) is -1.83. The van der Waals surface area contributed by atoms with Gasteiger partial charge in [0, 0.05) is 80.2 Å². The molecule has 3 aliphatic rings. The molecule has 6 aromatic heterocycles. The van der Waals surface area contributed by atoms with E-state index in [1.165, 1.54) is 133 Å². The van der Waals surface area contributed by atoms with Gasteiger partial charge in [-0.05, 0) is 145 Å². The van der Waals surface area contributed by atoms with Crippen molar-refractivity contribution in [1.29, 1.82) is 0 Å². The summed E-state index contributed by atoms with van der Waals surface area (Å²) in [6, 6.07) is 54.3. The lowest BCUT2D eigenvalue weighted by Crippen LogP contribution is -2.25. The van der Waals surface area contributed by atoms with Gasteiger partial charge in [-0.1, -0.05) is 115 Å². The van der Waals surface area contributed by atoms with Crippen molar-refractivity contribution in [3.05, 3.63) is 160 Å². The Morgan fingerprint density at radius 2 is 0.524 bits per heavy atom. The second-order valence-corrected chi connectivity index (χ2v) is 28.2. The van der Waals surface area contributed by atoms with Crippen LogP contribution < -0.4 is 4.90 Å². The van der Waals surface area contributed by atoms with E-state index in [9.17, 15) is 0 Å². The minimum Gasteiger partial charge on any atom is -0.343 e. The number of thiophene rings is 6. The first kappa shape index (κ1) is 57.8. The van der Waals surface area contributed by atoms with E-state index in [4.69, 9.17) is 28.4 Å². The summed E-state index contributed by atoms with van der Waals surface area (Å²) in [4.78, 5) is 17.2. The highest BCUT2D eigenvalue weighted by atomic mass is 32.1. The van der Waals surface area contributed by atoms with E-state index >= 15 is 0 Å². The summed E-state index contributed by atoms with van der Waals surface area (Å²) < 4.78 is 38.1. The van der Waals surface area contributed by atoms with Gasteiger partial charge in [-0.3, -0.25) is 0 Å². The first-order chi connectivity index (χ1) is 40.4. The Balaban J connectivity index is 0.794. The molecule has 7 nitrogen and oxygen atoms in total. The van der Waals surface area contributed by atoms with Crippen LogP contribution in [0, 0.1) is 0 Å². The Morgan fingerprint density at radius 3 is 0.793 bits per heavy atom. The molecule has 0 atom stereocenters. The molecular formula is C69H75NO6S6. The predicted octanol–water partition coefficient (Wildman–Crippen LogP) is 22.0. The number of unbranched alkanes of at least 4 members (excludes halogenated alkanes) is 9. The Kier molecular flexibility index (Phi) is 18.9. The van der Waals surface area contributed by atoms with Gasteiger partial charge >= 0.3 is 0 Å². The van der Waals surface area contributed by atoms with Crippen LogP contribution >= 0.6 is 68.0 Å². The number of ether oxygens (including phenoxy) is 6. The average Bonchev–Trinajstić information content (AvgIpc) is 4.51. The quantitative estimate of drug-likeness (QED) is 0.0476. The van der Waals surface area contributed by atoms with Gasteiger partial charge in [-0.2, -0.15) is 0 Å². The van der Waals surface area contributed by atoms with E-state index in [-0.39, 0.29) is 0 Å². The third kappa shape index (κ3) is 12.7. The summed E-state index contributed by atoms with van der Waals surface area (Å²) in [5, 5.41) is 0. The van der Waals surface area contributed by atoms with E-state index in [2.05, 4.69) is 171 Å². The fourth-order valence-electron chi connectivity index (χ4n) is 11.6. The highest BCUT2D eigenvalue weighted by Gasteiger charge is 2.42. The number of nitrogens with zero attached hydrogens (tertiary/aromatic N) is 1. The van der Waals surface area contributed by atoms with Crippen molar-refractivity contribution >= 4 is 85.1 Å². The van der Waals surface area contributed by atoms with Crippen LogP contribution in [0.15, 0.2) is 146 Å². The highest BCUT2D eigenvalue weighted by Crippen LogP contribution is 2.49. The molecule has 0 bridgehead atoms. The molecule has 0 radical (unpaired) electrons. The lowest BCUT2D eigenvalue weighted by atomic mass is 10.0. The standard InChI is InChI=1S/C69H75NO6S6/c1-4-7-10-13-40-67(71-43-44-72-67)64-37-34-61(80-64)58-31-28-55(77-58)49-16-22-52(23-17-49)70(53-24-18-50(19-25-53)56-29-32-59(78-56)62-35-38-65(81-62)68(73-45-46-74-68)41-14-11-8-5-2)54-26-20-51(21-27-54)57-30-33-60(79-57)63-36-39-66(82-63)69(75-47-48-76-69)42-15-12-9-6-3/h16-39H,4-15,40-48H2,1-3H3. The molecule has 12 rings (SSSR count). The lowest BCUT2D eigenvalue weighted by Gasteiger charge is -2.26. The second-order valence-electron chi connectivity index (χ2n) is 21.7. The van der Waals surface area contributed by atoms with Crippen LogP contribution in [-0.2, 0) is 45.8 Å². The van der Waals surface area contributed by atoms with Crippen LogP contribution in [0.2, 0.25) is 0 Å². The van der Waals surface area contributed by atoms with E-state index in [0.29, 0.717) is 39.6 Å². The summed E-state index contributed by atoms with van der Waals surface area (Å²) in [6.07, 6.45) is 17.0. The van der Waals surface area contributed by atoms with Crippen molar-refractivity contribution in [2.75, 3.05) is 44.5 Å². The molecule has 82 heavy (non-hydrogen) atoms. The SMILES string of the molecule is CCCCCCC1(c2ccc(-c3ccc(-c4ccc(N(c5ccc(-c6ccc(-c7ccc(C8(CCCCCC)OCCO8)s7)s6)cc5)c5ccc(-c6ccc(-c7ccc(C8(CCCCCC)OCCO8)s7)s6)cc5)cc4)s3)s2)OCCO1. The minimum atomic E-state index is -0.610. The topological polar surface area (TPSA) is 58.6 Å². The number of rotatable bonds is 27. The predicted molar refractivity (Wildman–Crippen MR) is 348 cm³/mol.